The molecule has 0 bridgehead atoms. The smallest absolute Gasteiger partial charge is 0.0622 e. The summed E-state index contributed by atoms with van der Waals surface area (Å²) in [5.41, 5.74) is 30.4. The standard InChI is InChI=1S/C86H68N6/c1-53-29-36-78(58(6)41-53)88(62-23-15-10-16-24-62)66-34-39-81-70(45-66)74-47-68(87(61-21-13-9-14-22-61)65-33-32-56(4)57(5)44-65)48-76-72-51-73-77-50-69(90(64-27-19-12-20-28-64)80-38-31-55(3)43-60(80)8)49-75-71-46-67(89(63-25-17-11-18-26-63)79-37-30-54(2)42-59(79)7)35-40-82(71)92(86(75)77)84(73)52-83(72)91(81)85(74)76/h9-52H,1-8H3. The number of aromatic nitrogens is 2. The number of fused-ring (bicyclic) bond motifs is 12. The second-order valence-corrected chi connectivity index (χ2v) is 25.6. The summed E-state index contributed by atoms with van der Waals surface area (Å²) in [4.78, 5) is 9.79. The van der Waals surface area contributed by atoms with Gasteiger partial charge in [0.1, 0.15) is 0 Å². The van der Waals surface area contributed by atoms with Gasteiger partial charge in [0.15, 0.2) is 0 Å². The van der Waals surface area contributed by atoms with Crippen LogP contribution >= 0.6 is 0 Å². The summed E-state index contributed by atoms with van der Waals surface area (Å²) < 4.78 is 5.15. The maximum Gasteiger partial charge on any atom is 0.0622 e. The van der Waals surface area contributed by atoms with Crippen molar-refractivity contribution < 1.29 is 0 Å². The predicted octanol–water partition coefficient (Wildman–Crippen LogP) is 24.3. The average molecular weight is 1190 g/mol. The van der Waals surface area contributed by atoms with E-state index in [0.717, 1.165) is 79.3 Å². The highest BCUT2D eigenvalue weighted by Crippen LogP contribution is 2.52. The van der Waals surface area contributed by atoms with Crippen LogP contribution in [0.1, 0.15) is 44.5 Å². The lowest BCUT2D eigenvalue weighted by Gasteiger charge is -2.28. The van der Waals surface area contributed by atoms with Crippen molar-refractivity contribution in [1.29, 1.82) is 0 Å². The van der Waals surface area contributed by atoms with Crippen molar-refractivity contribution in [3.63, 3.8) is 0 Å². The summed E-state index contributed by atoms with van der Waals surface area (Å²) in [7, 11) is 0. The zero-order valence-electron chi connectivity index (χ0n) is 53.1. The van der Waals surface area contributed by atoms with Crippen molar-refractivity contribution in [3.05, 3.63) is 311 Å². The Hall–Kier alpha value is -11.3. The molecule has 4 heterocycles. The van der Waals surface area contributed by atoms with Gasteiger partial charge in [0.25, 0.3) is 0 Å². The second-order valence-electron chi connectivity index (χ2n) is 25.6. The van der Waals surface area contributed by atoms with E-state index in [4.69, 9.17) is 0 Å². The summed E-state index contributed by atoms with van der Waals surface area (Å²) in [6, 6.07) is 100. The summed E-state index contributed by atoms with van der Waals surface area (Å²) in [6.07, 6.45) is 0. The van der Waals surface area contributed by atoms with Gasteiger partial charge in [0.2, 0.25) is 0 Å². The molecule has 442 valence electrons. The van der Waals surface area contributed by atoms with Gasteiger partial charge in [-0.15, -0.1) is 0 Å². The summed E-state index contributed by atoms with van der Waals surface area (Å²) >= 11 is 0. The minimum absolute atomic E-state index is 1.10. The minimum Gasteiger partial charge on any atom is -0.310 e. The molecule has 0 radical (unpaired) electrons. The molecule has 0 amide bonds. The van der Waals surface area contributed by atoms with Crippen LogP contribution in [-0.2, 0) is 0 Å². The zero-order valence-corrected chi connectivity index (χ0v) is 53.1. The molecule has 0 aliphatic heterocycles. The van der Waals surface area contributed by atoms with Crippen molar-refractivity contribution in [1.82, 2.24) is 8.80 Å². The molecular weight excluding hydrogens is 1120 g/mol. The Morgan fingerprint density at radius 1 is 0.196 bits per heavy atom. The lowest BCUT2D eigenvalue weighted by atomic mass is 10.0. The molecule has 0 N–H and O–H groups in total. The first-order valence-corrected chi connectivity index (χ1v) is 32.1. The highest BCUT2D eigenvalue weighted by atomic mass is 15.2. The van der Waals surface area contributed by atoms with E-state index in [1.54, 1.807) is 0 Å². The first kappa shape index (κ1) is 54.8. The molecule has 17 rings (SSSR count). The maximum absolute atomic E-state index is 2.57. The molecule has 0 aliphatic rings. The Morgan fingerprint density at radius 3 is 0.880 bits per heavy atom. The molecule has 0 fully saturated rings. The van der Waals surface area contributed by atoms with Crippen molar-refractivity contribution in [2.24, 2.45) is 0 Å². The van der Waals surface area contributed by atoms with Gasteiger partial charge in [0.05, 0.1) is 33.1 Å². The van der Waals surface area contributed by atoms with E-state index >= 15 is 0 Å². The van der Waals surface area contributed by atoms with Gasteiger partial charge in [-0.2, -0.15) is 0 Å². The first-order valence-electron chi connectivity index (χ1n) is 32.1. The molecule has 13 aromatic carbocycles. The van der Waals surface area contributed by atoms with Crippen LogP contribution in [0, 0.1) is 55.4 Å². The summed E-state index contributed by atoms with van der Waals surface area (Å²) in [5.74, 6) is 0. The number of para-hydroxylation sites is 4. The highest BCUT2D eigenvalue weighted by Gasteiger charge is 2.29. The Morgan fingerprint density at radius 2 is 0.511 bits per heavy atom. The number of hydrogen-bond donors (Lipinski definition) is 0. The fourth-order valence-corrected chi connectivity index (χ4v) is 15.1. The third kappa shape index (κ3) is 8.62. The van der Waals surface area contributed by atoms with Crippen LogP contribution in [0.2, 0.25) is 0 Å². The van der Waals surface area contributed by atoms with E-state index in [1.165, 1.54) is 110 Å². The van der Waals surface area contributed by atoms with E-state index in [1.807, 2.05) is 0 Å². The molecule has 0 saturated carbocycles. The number of hydrogen-bond acceptors (Lipinski definition) is 4. The van der Waals surface area contributed by atoms with Crippen molar-refractivity contribution in [2.45, 2.75) is 55.4 Å². The van der Waals surface area contributed by atoms with Crippen molar-refractivity contribution in [3.8, 4) is 0 Å². The molecule has 0 atom stereocenters. The molecule has 0 unspecified atom stereocenters. The van der Waals surface area contributed by atoms with E-state index < -0.39 is 0 Å². The normalized spacial score (nSPS) is 11.9. The summed E-state index contributed by atoms with van der Waals surface area (Å²) in [5, 5.41) is 9.63. The number of aryl methyl sites for hydroxylation is 8. The molecule has 6 nitrogen and oxygen atoms in total. The second kappa shape index (κ2) is 21.1. The number of benzene rings is 13. The van der Waals surface area contributed by atoms with E-state index in [9.17, 15) is 0 Å². The van der Waals surface area contributed by atoms with Crippen LogP contribution in [0.15, 0.2) is 267 Å². The molecule has 0 saturated heterocycles. The van der Waals surface area contributed by atoms with Crippen LogP contribution in [-0.4, -0.2) is 8.80 Å². The molecule has 0 aliphatic carbocycles. The van der Waals surface area contributed by atoms with Gasteiger partial charge in [-0.1, -0.05) is 132 Å². The van der Waals surface area contributed by atoms with Gasteiger partial charge in [-0.3, -0.25) is 0 Å². The Bertz CT molecular complexity index is 5750. The third-order valence-electron chi connectivity index (χ3n) is 19.5. The number of nitrogens with zero attached hydrogens (tertiary/aromatic N) is 6. The average Bonchev–Trinajstić information content (AvgIpc) is 1.52. The van der Waals surface area contributed by atoms with Gasteiger partial charge in [0, 0.05) is 111 Å². The van der Waals surface area contributed by atoms with Crippen LogP contribution in [0.3, 0.4) is 0 Å². The highest BCUT2D eigenvalue weighted by molar-refractivity contribution is 6.30. The topological polar surface area (TPSA) is 21.8 Å². The largest absolute Gasteiger partial charge is 0.310 e. The Kier molecular flexibility index (Phi) is 12.6. The lowest BCUT2D eigenvalue weighted by Crippen LogP contribution is -2.11. The van der Waals surface area contributed by atoms with E-state index in [-0.39, 0.29) is 0 Å². The molecule has 92 heavy (non-hydrogen) atoms. The molecular formula is C86H68N6. The summed E-state index contributed by atoms with van der Waals surface area (Å²) in [6.45, 7) is 17.7. The Labute approximate surface area is 536 Å². The predicted molar refractivity (Wildman–Crippen MR) is 392 cm³/mol. The van der Waals surface area contributed by atoms with Crippen molar-refractivity contribution in [2.75, 3.05) is 19.6 Å². The third-order valence-corrected chi connectivity index (χ3v) is 19.5. The zero-order chi connectivity index (χ0) is 62.2. The van der Waals surface area contributed by atoms with Crippen LogP contribution in [0.25, 0.3) is 76.2 Å². The van der Waals surface area contributed by atoms with Gasteiger partial charge in [-0.05, 0) is 235 Å². The maximum atomic E-state index is 2.57. The molecule has 0 spiro atoms. The van der Waals surface area contributed by atoms with E-state index in [2.05, 4.69) is 351 Å². The van der Waals surface area contributed by atoms with Crippen LogP contribution < -0.4 is 19.6 Å². The van der Waals surface area contributed by atoms with Crippen LogP contribution in [0.5, 0.6) is 0 Å². The molecule has 17 aromatic rings. The minimum atomic E-state index is 1.10. The number of anilines is 12. The van der Waals surface area contributed by atoms with Crippen molar-refractivity contribution >= 4 is 144 Å². The number of rotatable bonds is 12. The monoisotopic (exact) mass is 1180 g/mol. The molecule has 6 heteroatoms. The fraction of sp³-hybridized carbons (Fsp3) is 0.0930. The van der Waals surface area contributed by atoms with Gasteiger partial charge < -0.3 is 28.4 Å². The lowest BCUT2D eigenvalue weighted by molar-refractivity contribution is 1.24. The quantitative estimate of drug-likeness (QED) is 0.122. The van der Waals surface area contributed by atoms with Gasteiger partial charge in [-0.25, -0.2) is 0 Å². The van der Waals surface area contributed by atoms with E-state index in [0.29, 0.717) is 0 Å². The van der Waals surface area contributed by atoms with Gasteiger partial charge >= 0.3 is 0 Å². The van der Waals surface area contributed by atoms with Crippen LogP contribution in [0.4, 0.5) is 68.2 Å². The SMILES string of the molecule is Cc1ccc(N(c2ccccc2)c2ccc3c(c2)c2cc(N(c4ccccc4)c4ccc(C)c(C)c4)cc4c5cc6c7cc(N(c8ccccc8)c8ccc(C)cc8C)cc8c9cc(N(c%10ccccc%10)c%10ccc(C)cc%10C)ccc9n(c6cc5n3c24)c87)c(C)c1. The molecule has 4 aromatic heterocycles. The fourth-order valence-electron chi connectivity index (χ4n) is 15.1. The first-order chi connectivity index (χ1) is 44.9. The Balaban J connectivity index is 0.992.